The summed E-state index contributed by atoms with van der Waals surface area (Å²) in [6.45, 7) is 23.6. The molecule has 100 heavy (non-hydrogen) atoms. The predicted octanol–water partition coefficient (Wildman–Crippen LogP) is 16.6. The summed E-state index contributed by atoms with van der Waals surface area (Å²) in [5, 5.41) is 0. The molecule has 20 nitrogen and oxygen atoms in total. The number of nitrogens with zero attached hydrogens (tertiary/aromatic N) is 2. The van der Waals surface area contributed by atoms with Crippen LogP contribution in [-0.4, -0.2) is 210 Å². The summed E-state index contributed by atoms with van der Waals surface area (Å²) in [7, 11) is 4.96. The Kier molecular flexibility index (Phi) is 62.7. The first-order valence-electron chi connectivity index (χ1n) is 39.3. The molecule has 0 spiro atoms. The number of methoxy groups -OCH3 is 3. The zero-order valence-electron chi connectivity index (χ0n) is 63.9. The highest BCUT2D eigenvalue weighted by molar-refractivity contribution is 5.55. The molecule has 0 atom stereocenters. The molecule has 580 valence electrons. The lowest BCUT2D eigenvalue weighted by Gasteiger charge is -2.23. The Labute approximate surface area is 607 Å². The Bertz CT molecular complexity index is 2020. The molecule has 2 aromatic carbocycles. The molecule has 0 fully saturated rings. The van der Waals surface area contributed by atoms with Crippen molar-refractivity contribution in [1.82, 2.24) is 9.80 Å². The molecular formula is C80H142N2O18. The Morgan fingerprint density at radius 3 is 0.690 bits per heavy atom. The monoisotopic (exact) mass is 1420 g/mol. The van der Waals surface area contributed by atoms with Gasteiger partial charge in [0, 0.05) is 46.8 Å². The van der Waals surface area contributed by atoms with Crippen LogP contribution < -0.4 is 28.4 Å². The van der Waals surface area contributed by atoms with E-state index in [2.05, 4.69) is 50.7 Å². The molecule has 0 amide bonds. The van der Waals surface area contributed by atoms with Crippen LogP contribution in [0, 0.1) is 6.67 Å². The third kappa shape index (κ3) is 51.3. The third-order valence-electron chi connectivity index (χ3n) is 16.8. The van der Waals surface area contributed by atoms with Crippen LogP contribution in [0.4, 0.5) is 0 Å². The fourth-order valence-electron chi connectivity index (χ4n) is 11.1. The number of benzene rings is 2. The largest absolute Gasteiger partial charge is 0.490 e. The van der Waals surface area contributed by atoms with Gasteiger partial charge in [-0.15, -0.1) is 0 Å². The van der Waals surface area contributed by atoms with E-state index in [9.17, 15) is 0 Å². The van der Waals surface area contributed by atoms with E-state index < -0.39 is 0 Å². The van der Waals surface area contributed by atoms with Crippen LogP contribution in [-0.2, 0) is 69.9 Å². The number of ether oxygens (including phenoxy) is 18. The highest BCUT2D eigenvalue weighted by Gasteiger charge is 2.23. The van der Waals surface area contributed by atoms with Crippen LogP contribution in [0.5, 0.6) is 34.5 Å². The number of hydrogen-bond donors (Lipinski definition) is 0. The van der Waals surface area contributed by atoms with Crippen molar-refractivity contribution in [3.8, 4) is 34.5 Å². The summed E-state index contributed by atoms with van der Waals surface area (Å²) < 4.78 is 107. The molecule has 0 unspecified atom stereocenters. The maximum Gasteiger partial charge on any atom is 0.208 e. The molecule has 3 rings (SSSR count). The number of rotatable bonds is 79. The van der Waals surface area contributed by atoms with Crippen LogP contribution in [0.1, 0.15) is 225 Å². The second-order valence-electron chi connectivity index (χ2n) is 25.6. The lowest BCUT2D eigenvalue weighted by Crippen LogP contribution is -2.20. The van der Waals surface area contributed by atoms with Crippen LogP contribution in [0.25, 0.3) is 0 Å². The molecule has 0 saturated carbocycles. The van der Waals surface area contributed by atoms with Gasteiger partial charge in [-0.1, -0.05) is 194 Å². The highest BCUT2D eigenvalue weighted by Crippen LogP contribution is 2.42. The van der Waals surface area contributed by atoms with Gasteiger partial charge in [0.2, 0.25) is 18.2 Å². The van der Waals surface area contributed by atoms with Crippen LogP contribution in [0.15, 0.2) is 36.7 Å². The molecule has 0 saturated heterocycles. The van der Waals surface area contributed by atoms with E-state index in [1.807, 2.05) is 23.2 Å². The summed E-state index contributed by atoms with van der Waals surface area (Å²) in [6.07, 6.45) is 42.1. The minimum atomic E-state index is 0.230. The van der Waals surface area contributed by atoms with E-state index in [-0.39, 0.29) is 19.8 Å². The Balaban J connectivity index is 1.85. The number of hydrogen-bond acceptors (Lipinski definition) is 20. The molecule has 1 aliphatic heterocycles. The van der Waals surface area contributed by atoms with Crippen molar-refractivity contribution in [1.29, 1.82) is 0 Å². The van der Waals surface area contributed by atoms with Crippen LogP contribution >= 0.6 is 0 Å². The topological polar surface area (TPSA) is 173 Å². The lowest BCUT2D eigenvalue weighted by atomic mass is 10.1. The molecular weight excluding hydrogens is 1280 g/mol. The van der Waals surface area contributed by atoms with Crippen LogP contribution in [0.2, 0.25) is 0 Å². The van der Waals surface area contributed by atoms with Gasteiger partial charge in [-0.3, -0.25) is 0 Å². The van der Waals surface area contributed by atoms with Gasteiger partial charge >= 0.3 is 0 Å². The Morgan fingerprint density at radius 2 is 0.430 bits per heavy atom. The van der Waals surface area contributed by atoms with Crippen molar-refractivity contribution in [2.24, 2.45) is 0 Å². The Morgan fingerprint density at radius 1 is 0.230 bits per heavy atom. The van der Waals surface area contributed by atoms with Crippen molar-refractivity contribution >= 4 is 0 Å². The maximum atomic E-state index is 6.79. The average Bonchev–Trinajstić information content (AvgIpc) is 1.19. The summed E-state index contributed by atoms with van der Waals surface area (Å²) in [4.78, 5) is 4.12. The molecule has 0 N–H and O–H groups in total. The van der Waals surface area contributed by atoms with Crippen LogP contribution in [0.3, 0.4) is 0 Å². The number of unbranched alkanes of at least 4 members (excludes halogenated alkanes) is 27. The fourth-order valence-corrected chi connectivity index (χ4v) is 11.1. The smallest absolute Gasteiger partial charge is 0.208 e. The van der Waals surface area contributed by atoms with Gasteiger partial charge in [0.25, 0.3) is 0 Å². The molecule has 2 radical (unpaired) electrons. The fraction of sp³-hybridized carbons (Fsp3) is 0.812. The van der Waals surface area contributed by atoms with Gasteiger partial charge in [-0.05, 0) is 54.7 Å². The van der Waals surface area contributed by atoms with Gasteiger partial charge in [0.15, 0.2) is 23.0 Å². The van der Waals surface area contributed by atoms with Gasteiger partial charge in [0.05, 0.1) is 159 Å². The Hall–Kier alpha value is -3.90. The molecule has 20 heteroatoms. The van der Waals surface area contributed by atoms with Gasteiger partial charge in [0.1, 0.15) is 19.8 Å². The van der Waals surface area contributed by atoms with E-state index in [1.165, 1.54) is 154 Å². The standard InChI is InChI=1S/C80H142N2O18/c1-7-10-13-16-19-22-25-28-31-34-39-95-75-66-73(67-76(96-40-35-32-29-26-23-20-17-14-11-8-2)79(75)99-41-36-33-30-27-24-21-18-15-12-9-3)70-81-37-38-82(72-81)71-74-68-77(97-63-60-92-57-54-89-51-48-86-45-42-83-4)80(100-65-62-94-59-56-91-53-50-88-47-44-85-6)78(69-74)98-64-61-93-58-55-90-52-49-87-46-43-84-5/h37-38,66-69H,7-36,39-65,70-71H2,1-6H3. The second-order valence-corrected chi connectivity index (χ2v) is 25.6. The molecule has 2 aromatic rings. The highest BCUT2D eigenvalue weighted by atomic mass is 16.6. The minimum absolute atomic E-state index is 0.230. The summed E-state index contributed by atoms with van der Waals surface area (Å²) in [5.74, 6) is 3.71. The summed E-state index contributed by atoms with van der Waals surface area (Å²) in [6, 6.07) is 8.32. The van der Waals surface area contributed by atoms with Gasteiger partial charge in [-0.2, -0.15) is 0 Å². The third-order valence-corrected chi connectivity index (χ3v) is 16.8. The molecule has 0 aliphatic carbocycles. The van der Waals surface area contributed by atoms with Gasteiger partial charge < -0.3 is 95.1 Å². The van der Waals surface area contributed by atoms with E-state index in [1.54, 1.807) is 21.3 Å². The molecule has 1 heterocycles. The van der Waals surface area contributed by atoms with Crippen molar-refractivity contribution in [2.75, 3.05) is 200 Å². The quantitative estimate of drug-likeness (QED) is 0.0572. The first kappa shape index (κ1) is 90.3. The second kappa shape index (κ2) is 69.5. The molecule has 1 aliphatic rings. The van der Waals surface area contributed by atoms with E-state index in [0.29, 0.717) is 189 Å². The molecule has 0 bridgehead atoms. The molecule has 0 aromatic heterocycles. The summed E-state index contributed by atoms with van der Waals surface area (Å²) in [5.41, 5.74) is 1.96. The van der Waals surface area contributed by atoms with Crippen molar-refractivity contribution in [3.05, 3.63) is 54.5 Å². The van der Waals surface area contributed by atoms with Crippen molar-refractivity contribution in [2.45, 2.75) is 226 Å². The SMILES string of the molecule is CCCCCCCCCCCCOc1cc(CN2[C]N(Cc3cc(OCCOCCOCCOCCOC)c(OCCOCCOCCOCCOC)c(OCCOCCOCCOCCOC)c3)C=C2)cc(OCCCCCCCCCCCC)c1OCCCCCCCCCCCC. The van der Waals surface area contributed by atoms with E-state index >= 15 is 0 Å². The van der Waals surface area contributed by atoms with E-state index in [0.717, 1.165) is 66.9 Å². The average molecular weight is 1420 g/mol. The zero-order chi connectivity index (χ0) is 71.2. The van der Waals surface area contributed by atoms with Crippen molar-refractivity contribution in [3.63, 3.8) is 0 Å². The maximum absolute atomic E-state index is 6.79. The summed E-state index contributed by atoms with van der Waals surface area (Å²) >= 11 is 0. The first-order valence-corrected chi connectivity index (χ1v) is 39.3. The lowest BCUT2D eigenvalue weighted by molar-refractivity contribution is -0.00160. The zero-order valence-corrected chi connectivity index (χ0v) is 63.9. The minimum Gasteiger partial charge on any atom is -0.490 e. The first-order chi connectivity index (χ1) is 49.6. The normalized spacial score (nSPS) is 12.2. The van der Waals surface area contributed by atoms with E-state index in [4.69, 9.17) is 85.3 Å². The predicted molar refractivity (Wildman–Crippen MR) is 398 cm³/mol. The van der Waals surface area contributed by atoms with Crippen molar-refractivity contribution < 1.29 is 85.3 Å². The van der Waals surface area contributed by atoms with Gasteiger partial charge in [-0.25, -0.2) is 0 Å².